The second-order valence-electron chi connectivity index (χ2n) is 7.36. The molecule has 0 radical (unpaired) electrons. The van der Waals surface area contributed by atoms with E-state index in [0.717, 1.165) is 30.9 Å². The van der Waals surface area contributed by atoms with Crippen molar-refractivity contribution in [2.75, 3.05) is 31.1 Å². The van der Waals surface area contributed by atoms with Gasteiger partial charge in [-0.3, -0.25) is 14.8 Å². The second kappa shape index (κ2) is 7.83. The molecule has 0 bridgehead atoms. The van der Waals surface area contributed by atoms with E-state index in [1.807, 2.05) is 18.2 Å². The average molecular weight is 354 g/mol. The van der Waals surface area contributed by atoms with Gasteiger partial charge < -0.3 is 14.9 Å². The zero-order valence-corrected chi connectivity index (χ0v) is 15.4. The SMILES string of the molecule is CC(C)(O)C(=O)N1CCN(c2ccccc2)CC(Cc2cnccn2)C1. The highest BCUT2D eigenvalue weighted by molar-refractivity contribution is 5.84. The Morgan fingerprint density at radius 2 is 1.96 bits per heavy atom. The highest BCUT2D eigenvalue weighted by Gasteiger charge is 2.33. The Balaban J connectivity index is 1.82. The lowest BCUT2D eigenvalue weighted by Gasteiger charge is -2.29. The van der Waals surface area contributed by atoms with E-state index < -0.39 is 5.60 Å². The first-order valence-corrected chi connectivity index (χ1v) is 9.00. The van der Waals surface area contributed by atoms with Gasteiger partial charge in [0, 0.05) is 50.5 Å². The van der Waals surface area contributed by atoms with Gasteiger partial charge in [0.05, 0.1) is 5.69 Å². The van der Waals surface area contributed by atoms with Crippen LogP contribution in [0.25, 0.3) is 0 Å². The lowest BCUT2D eigenvalue weighted by molar-refractivity contribution is -0.148. The van der Waals surface area contributed by atoms with Crippen LogP contribution in [0.3, 0.4) is 0 Å². The van der Waals surface area contributed by atoms with Gasteiger partial charge in [-0.25, -0.2) is 0 Å². The van der Waals surface area contributed by atoms with Crippen LogP contribution in [0.5, 0.6) is 0 Å². The predicted molar refractivity (Wildman–Crippen MR) is 101 cm³/mol. The Kier molecular flexibility index (Phi) is 5.52. The van der Waals surface area contributed by atoms with E-state index in [4.69, 9.17) is 0 Å². The molecule has 138 valence electrons. The second-order valence-corrected chi connectivity index (χ2v) is 7.36. The number of aliphatic hydroxyl groups is 1. The smallest absolute Gasteiger partial charge is 0.254 e. The van der Waals surface area contributed by atoms with Gasteiger partial charge in [0.25, 0.3) is 5.91 Å². The molecule has 6 heteroatoms. The molecule has 1 aromatic heterocycles. The summed E-state index contributed by atoms with van der Waals surface area (Å²) in [5.41, 5.74) is 0.705. The van der Waals surface area contributed by atoms with Crippen LogP contribution in [0.2, 0.25) is 0 Å². The predicted octanol–water partition coefficient (Wildman–Crippen LogP) is 1.75. The third kappa shape index (κ3) is 4.58. The molecule has 1 atom stereocenters. The quantitative estimate of drug-likeness (QED) is 0.906. The number of amides is 1. The Morgan fingerprint density at radius 3 is 2.62 bits per heavy atom. The highest BCUT2D eigenvalue weighted by atomic mass is 16.3. The molecule has 1 amide bonds. The van der Waals surface area contributed by atoms with E-state index in [2.05, 4.69) is 27.0 Å². The molecule has 0 aliphatic carbocycles. The van der Waals surface area contributed by atoms with Crippen LogP contribution in [0.15, 0.2) is 48.9 Å². The Morgan fingerprint density at radius 1 is 1.19 bits per heavy atom. The van der Waals surface area contributed by atoms with Crippen molar-refractivity contribution in [2.45, 2.75) is 25.9 Å². The van der Waals surface area contributed by atoms with Gasteiger partial charge in [-0.1, -0.05) is 18.2 Å². The first kappa shape index (κ1) is 18.3. The van der Waals surface area contributed by atoms with Crippen molar-refractivity contribution in [2.24, 2.45) is 5.92 Å². The van der Waals surface area contributed by atoms with Gasteiger partial charge in [-0.2, -0.15) is 0 Å². The van der Waals surface area contributed by atoms with Crippen LogP contribution >= 0.6 is 0 Å². The van der Waals surface area contributed by atoms with Crippen LogP contribution in [0, 0.1) is 5.92 Å². The summed E-state index contributed by atoms with van der Waals surface area (Å²) in [6.07, 6.45) is 5.88. The Bertz CT molecular complexity index is 716. The van der Waals surface area contributed by atoms with Crippen LogP contribution in [0.4, 0.5) is 5.69 Å². The first-order valence-electron chi connectivity index (χ1n) is 9.00. The minimum absolute atomic E-state index is 0.209. The molecule has 1 fully saturated rings. The van der Waals surface area contributed by atoms with Gasteiger partial charge in [0.2, 0.25) is 0 Å². The molecular formula is C20H26N4O2. The first-order chi connectivity index (χ1) is 12.4. The fraction of sp³-hybridized carbons (Fsp3) is 0.450. The Hall–Kier alpha value is -2.47. The van der Waals surface area contributed by atoms with Crippen molar-refractivity contribution in [1.29, 1.82) is 0 Å². The topological polar surface area (TPSA) is 69.6 Å². The number of carbonyl (C=O) groups is 1. The standard InChI is InChI=1S/C20H26N4O2/c1-20(2,26)19(25)24-11-10-23(18-6-4-3-5-7-18)14-16(15-24)12-17-13-21-8-9-22-17/h3-9,13,16,26H,10-12,14-15H2,1-2H3. The fourth-order valence-electron chi connectivity index (χ4n) is 3.41. The number of aromatic nitrogens is 2. The van der Waals surface area contributed by atoms with Crippen LogP contribution in [-0.4, -0.2) is 57.7 Å². The molecule has 1 aliphatic rings. The van der Waals surface area contributed by atoms with Crippen molar-refractivity contribution < 1.29 is 9.90 Å². The molecule has 2 aromatic rings. The fourth-order valence-corrected chi connectivity index (χ4v) is 3.41. The van der Waals surface area contributed by atoms with E-state index in [-0.39, 0.29) is 11.8 Å². The molecule has 3 rings (SSSR count). The summed E-state index contributed by atoms with van der Waals surface area (Å²) in [7, 11) is 0. The summed E-state index contributed by atoms with van der Waals surface area (Å²) < 4.78 is 0. The maximum atomic E-state index is 12.6. The largest absolute Gasteiger partial charge is 0.381 e. The zero-order valence-electron chi connectivity index (χ0n) is 15.4. The number of para-hydroxylation sites is 1. The number of rotatable bonds is 4. The van der Waals surface area contributed by atoms with Gasteiger partial charge in [0.15, 0.2) is 0 Å². The number of anilines is 1. The molecule has 26 heavy (non-hydrogen) atoms. The molecule has 1 saturated heterocycles. The van der Waals surface area contributed by atoms with E-state index in [1.165, 1.54) is 0 Å². The Labute approximate surface area is 154 Å². The molecule has 1 aromatic carbocycles. The summed E-state index contributed by atoms with van der Waals surface area (Å²) in [5.74, 6) is -0.0164. The average Bonchev–Trinajstić information content (AvgIpc) is 2.84. The van der Waals surface area contributed by atoms with Crippen molar-refractivity contribution in [3.05, 3.63) is 54.6 Å². The number of hydrogen-bond donors (Lipinski definition) is 1. The highest BCUT2D eigenvalue weighted by Crippen LogP contribution is 2.22. The number of carbonyl (C=O) groups excluding carboxylic acids is 1. The maximum Gasteiger partial charge on any atom is 0.254 e. The lowest BCUT2D eigenvalue weighted by Crippen LogP contribution is -2.47. The molecule has 1 N–H and O–H groups in total. The third-order valence-electron chi connectivity index (χ3n) is 4.64. The van der Waals surface area contributed by atoms with Crippen molar-refractivity contribution in [1.82, 2.24) is 14.9 Å². The maximum absolute atomic E-state index is 12.6. The summed E-state index contributed by atoms with van der Waals surface area (Å²) in [4.78, 5) is 25.3. The van der Waals surface area contributed by atoms with E-state index in [1.54, 1.807) is 37.3 Å². The van der Waals surface area contributed by atoms with Crippen LogP contribution in [0.1, 0.15) is 19.5 Å². The van der Waals surface area contributed by atoms with Gasteiger partial charge in [-0.15, -0.1) is 0 Å². The summed E-state index contributed by atoms with van der Waals surface area (Å²) in [6.45, 7) is 5.86. The molecule has 0 saturated carbocycles. The summed E-state index contributed by atoms with van der Waals surface area (Å²) >= 11 is 0. The van der Waals surface area contributed by atoms with Gasteiger partial charge in [0.1, 0.15) is 5.60 Å². The van der Waals surface area contributed by atoms with Gasteiger partial charge in [-0.05, 0) is 38.3 Å². The molecule has 1 aliphatic heterocycles. The molecule has 1 unspecified atom stereocenters. The van der Waals surface area contributed by atoms with Crippen molar-refractivity contribution in [3.63, 3.8) is 0 Å². The van der Waals surface area contributed by atoms with Crippen molar-refractivity contribution in [3.8, 4) is 0 Å². The van der Waals surface area contributed by atoms with E-state index >= 15 is 0 Å². The van der Waals surface area contributed by atoms with Crippen LogP contribution < -0.4 is 4.90 Å². The van der Waals surface area contributed by atoms with E-state index in [0.29, 0.717) is 13.1 Å². The zero-order chi connectivity index (χ0) is 18.6. The summed E-state index contributed by atoms with van der Waals surface area (Å²) in [5, 5.41) is 10.2. The minimum Gasteiger partial charge on any atom is -0.381 e. The number of hydrogen-bond acceptors (Lipinski definition) is 5. The normalized spacial score (nSPS) is 18.5. The van der Waals surface area contributed by atoms with Crippen LogP contribution in [-0.2, 0) is 11.2 Å². The number of nitrogens with zero attached hydrogens (tertiary/aromatic N) is 4. The molecule has 2 heterocycles. The third-order valence-corrected chi connectivity index (χ3v) is 4.64. The minimum atomic E-state index is -1.36. The molecule has 0 spiro atoms. The molecule has 6 nitrogen and oxygen atoms in total. The lowest BCUT2D eigenvalue weighted by atomic mass is 10.0. The van der Waals surface area contributed by atoms with Gasteiger partial charge >= 0.3 is 0 Å². The number of benzene rings is 1. The van der Waals surface area contributed by atoms with E-state index in [9.17, 15) is 9.90 Å². The molecular weight excluding hydrogens is 328 g/mol. The summed E-state index contributed by atoms with van der Waals surface area (Å²) in [6, 6.07) is 10.2. The van der Waals surface area contributed by atoms with Crippen molar-refractivity contribution >= 4 is 11.6 Å². The monoisotopic (exact) mass is 354 g/mol.